The van der Waals surface area contributed by atoms with Crippen LogP contribution in [0.1, 0.15) is 37.0 Å². The lowest BCUT2D eigenvalue weighted by molar-refractivity contribution is -0.140. The van der Waals surface area contributed by atoms with E-state index in [1.54, 1.807) is 18.2 Å². The number of hydrogen-bond donors (Lipinski definition) is 1. The third-order valence-electron chi connectivity index (χ3n) is 7.48. The minimum absolute atomic E-state index is 0.0427. The van der Waals surface area contributed by atoms with Crippen molar-refractivity contribution in [2.45, 2.75) is 57.1 Å². The predicted molar refractivity (Wildman–Crippen MR) is 171 cm³/mol. The van der Waals surface area contributed by atoms with Gasteiger partial charge in [-0.1, -0.05) is 97.4 Å². The van der Waals surface area contributed by atoms with E-state index in [2.05, 4.69) is 5.32 Å². The summed E-state index contributed by atoms with van der Waals surface area (Å²) in [6.07, 6.45) is 0.887. The number of amides is 2. The number of nitrogens with one attached hydrogen (secondary N) is 1. The number of carbonyl (C=O) groups is 2. The molecule has 9 heteroatoms. The van der Waals surface area contributed by atoms with E-state index in [-0.39, 0.29) is 35.5 Å². The Kier molecular flexibility index (Phi) is 10.9. The molecule has 0 aliphatic carbocycles. The van der Waals surface area contributed by atoms with Gasteiger partial charge in [0.15, 0.2) is 0 Å². The van der Waals surface area contributed by atoms with Gasteiger partial charge in [-0.05, 0) is 55.7 Å². The third kappa shape index (κ3) is 8.11. The maximum atomic E-state index is 15.2. The molecule has 4 aromatic carbocycles. The molecule has 0 aliphatic rings. The lowest BCUT2D eigenvalue weighted by Crippen LogP contribution is -2.54. The Balaban J connectivity index is 1.81. The first-order valence-corrected chi connectivity index (χ1v) is 16.1. The van der Waals surface area contributed by atoms with Crippen molar-refractivity contribution in [1.29, 1.82) is 0 Å². The van der Waals surface area contributed by atoms with Crippen molar-refractivity contribution < 1.29 is 22.4 Å². The van der Waals surface area contributed by atoms with Crippen molar-refractivity contribution >= 4 is 27.5 Å². The summed E-state index contributed by atoms with van der Waals surface area (Å²) in [7, 11) is -4.37. The third-order valence-corrected chi connectivity index (χ3v) is 9.25. The van der Waals surface area contributed by atoms with Crippen LogP contribution in [0.3, 0.4) is 0 Å². The molecule has 2 amide bonds. The summed E-state index contributed by atoms with van der Waals surface area (Å²) in [5.74, 6) is -1.79. The molecule has 4 aromatic rings. The van der Waals surface area contributed by atoms with E-state index in [0.717, 1.165) is 27.1 Å². The molecule has 0 saturated carbocycles. The minimum atomic E-state index is -4.37. The molecule has 0 aliphatic heterocycles. The molecule has 0 aromatic heterocycles. The van der Waals surface area contributed by atoms with Crippen molar-refractivity contribution in [2.24, 2.45) is 0 Å². The van der Waals surface area contributed by atoms with E-state index >= 15 is 4.39 Å². The van der Waals surface area contributed by atoms with Crippen LogP contribution in [-0.4, -0.2) is 43.8 Å². The van der Waals surface area contributed by atoms with Gasteiger partial charge in [0.25, 0.3) is 10.0 Å². The standard InChI is InChI=1S/C35H38FN3O4S/c1-4-27(3)37-35(41)33(23-28-13-7-5-8-14-28)38(24-29-21-19-26(2)20-22-29)34(40)25-39(32-18-12-11-17-31(32)36)44(42,43)30-15-9-6-10-16-30/h5-22,27,33H,4,23-25H2,1-3H3,(H,37,41)/t27-,33+/m0/s1. The Labute approximate surface area is 259 Å². The van der Waals surface area contributed by atoms with Crippen molar-refractivity contribution in [3.63, 3.8) is 0 Å². The lowest BCUT2D eigenvalue weighted by Gasteiger charge is -2.34. The first-order chi connectivity index (χ1) is 21.1. The van der Waals surface area contributed by atoms with Crippen LogP contribution in [0.15, 0.2) is 114 Å². The van der Waals surface area contributed by atoms with Crippen LogP contribution in [0.4, 0.5) is 10.1 Å². The molecule has 0 saturated heterocycles. The molecule has 44 heavy (non-hydrogen) atoms. The fourth-order valence-corrected chi connectivity index (χ4v) is 6.22. The number of aryl methyl sites for hydroxylation is 1. The summed E-state index contributed by atoms with van der Waals surface area (Å²) in [5, 5.41) is 3.01. The second-order valence-corrected chi connectivity index (χ2v) is 12.7. The van der Waals surface area contributed by atoms with E-state index in [1.807, 2.05) is 75.4 Å². The van der Waals surface area contributed by atoms with Crippen LogP contribution in [0.5, 0.6) is 0 Å². The Bertz CT molecular complexity index is 1650. The number of sulfonamides is 1. The number of anilines is 1. The maximum Gasteiger partial charge on any atom is 0.264 e. The highest BCUT2D eigenvalue weighted by Crippen LogP contribution is 2.27. The number of benzene rings is 4. The molecule has 1 N–H and O–H groups in total. The van der Waals surface area contributed by atoms with Gasteiger partial charge < -0.3 is 10.2 Å². The second-order valence-electron chi connectivity index (χ2n) is 10.8. The summed E-state index contributed by atoms with van der Waals surface area (Å²) in [6.45, 7) is 5.11. The van der Waals surface area contributed by atoms with Gasteiger partial charge in [0.2, 0.25) is 11.8 Å². The van der Waals surface area contributed by atoms with Crippen molar-refractivity contribution in [3.05, 3.63) is 132 Å². The summed E-state index contributed by atoms with van der Waals surface area (Å²) < 4.78 is 43.8. The number of halogens is 1. The molecule has 0 bridgehead atoms. The smallest absolute Gasteiger partial charge is 0.264 e. The summed E-state index contributed by atoms with van der Waals surface area (Å²) in [6, 6.07) is 28.8. The number of hydrogen-bond acceptors (Lipinski definition) is 4. The molecular weight excluding hydrogens is 577 g/mol. The normalized spacial score (nSPS) is 12.6. The monoisotopic (exact) mass is 615 g/mol. The number of nitrogens with zero attached hydrogens (tertiary/aromatic N) is 2. The highest BCUT2D eigenvalue weighted by Gasteiger charge is 2.35. The zero-order valence-corrected chi connectivity index (χ0v) is 26.0. The Morgan fingerprint density at radius 3 is 2.02 bits per heavy atom. The Morgan fingerprint density at radius 1 is 0.818 bits per heavy atom. The second kappa shape index (κ2) is 14.8. The minimum Gasteiger partial charge on any atom is -0.352 e. The maximum absolute atomic E-state index is 15.2. The van der Waals surface area contributed by atoms with Gasteiger partial charge in [-0.3, -0.25) is 13.9 Å². The molecular formula is C35H38FN3O4S. The van der Waals surface area contributed by atoms with E-state index in [1.165, 1.54) is 35.2 Å². The SMILES string of the molecule is CC[C@H](C)NC(=O)[C@@H](Cc1ccccc1)N(Cc1ccc(C)cc1)C(=O)CN(c1ccccc1F)S(=O)(=O)c1ccccc1. The van der Waals surface area contributed by atoms with Gasteiger partial charge in [0.1, 0.15) is 18.4 Å². The van der Waals surface area contributed by atoms with Gasteiger partial charge in [-0.15, -0.1) is 0 Å². The van der Waals surface area contributed by atoms with Crippen molar-refractivity contribution in [2.75, 3.05) is 10.8 Å². The van der Waals surface area contributed by atoms with Gasteiger partial charge in [-0.25, -0.2) is 12.8 Å². The fourth-order valence-electron chi connectivity index (χ4n) is 4.77. The van der Waals surface area contributed by atoms with Gasteiger partial charge in [0.05, 0.1) is 10.6 Å². The first kappa shape index (κ1) is 32.4. The highest BCUT2D eigenvalue weighted by molar-refractivity contribution is 7.92. The molecule has 0 unspecified atom stereocenters. The average Bonchev–Trinajstić information content (AvgIpc) is 3.03. The van der Waals surface area contributed by atoms with Gasteiger partial charge in [-0.2, -0.15) is 0 Å². The van der Waals surface area contributed by atoms with Crippen LogP contribution in [0.25, 0.3) is 0 Å². The Hall–Kier alpha value is -4.50. The first-order valence-electron chi connectivity index (χ1n) is 14.6. The van der Waals surface area contributed by atoms with Crippen LogP contribution in [-0.2, 0) is 32.6 Å². The zero-order chi connectivity index (χ0) is 31.7. The number of carbonyl (C=O) groups excluding carboxylic acids is 2. The lowest BCUT2D eigenvalue weighted by atomic mass is 10.0. The molecule has 230 valence electrons. The fraction of sp³-hybridized carbons (Fsp3) is 0.257. The van der Waals surface area contributed by atoms with E-state index in [9.17, 15) is 18.0 Å². The van der Waals surface area contributed by atoms with Gasteiger partial charge >= 0.3 is 0 Å². The van der Waals surface area contributed by atoms with Gasteiger partial charge in [0, 0.05) is 19.0 Å². The molecule has 7 nitrogen and oxygen atoms in total. The van der Waals surface area contributed by atoms with Crippen LogP contribution < -0.4 is 9.62 Å². The van der Waals surface area contributed by atoms with Crippen LogP contribution in [0, 0.1) is 12.7 Å². The predicted octanol–water partition coefficient (Wildman–Crippen LogP) is 5.88. The summed E-state index contributed by atoms with van der Waals surface area (Å²) in [5.41, 5.74) is 2.37. The molecule has 0 heterocycles. The van der Waals surface area contributed by atoms with E-state index in [0.29, 0.717) is 6.42 Å². The molecule has 2 atom stereocenters. The van der Waals surface area contributed by atoms with Crippen LogP contribution >= 0.6 is 0 Å². The average molecular weight is 616 g/mol. The Morgan fingerprint density at radius 2 is 1.41 bits per heavy atom. The van der Waals surface area contributed by atoms with E-state index in [4.69, 9.17) is 0 Å². The van der Waals surface area contributed by atoms with Crippen molar-refractivity contribution in [3.8, 4) is 0 Å². The highest BCUT2D eigenvalue weighted by atomic mass is 32.2. The number of para-hydroxylation sites is 1. The summed E-state index contributed by atoms with van der Waals surface area (Å²) >= 11 is 0. The molecule has 0 spiro atoms. The molecule has 0 fully saturated rings. The molecule has 4 rings (SSSR count). The zero-order valence-electron chi connectivity index (χ0n) is 25.2. The molecule has 0 radical (unpaired) electrons. The van der Waals surface area contributed by atoms with Crippen molar-refractivity contribution in [1.82, 2.24) is 10.2 Å². The van der Waals surface area contributed by atoms with Crippen LogP contribution in [0.2, 0.25) is 0 Å². The topological polar surface area (TPSA) is 86.8 Å². The largest absolute Gasteiger partial charge is 0.352 e. The number of rotatable bonds is 13. The summed E-state index contributed by atoms with van der Waals surface area (Å²) in [4.78, 5) is 29.6. The quantitative estimate of drug-likeness (QED) is 0.203. The van der Waals surface area contributed by atoms with E-state index < -0.39 is 34.3 Å².